The van der Waals surface area contributed by atoms with Crippen molar-refractivity contribution >= 4 is 41.9 Å². The van der Waals surface area contributed by atoms with Crippen molar-refractivity contribution in [3.05, 3.63) is 54.1 Å². The normalized spacial score (nSPS) is 13.6. The van der Waals surface area contributed by atoms with Crippen LogP contribution in [0.1, 0.15) is 5.56 Å². The summed E-state index contributed by atoms with van der Waals surface area (Å²) in [5.41, 5.74) is 8.98. The summed E-state index contributed by atoms with van der Waals surface area (Å²) in [4.78, 5) is 3.49. The molecule has 8 heteroatoms. The quantitative estimate of drug-likeness (QED) is 0.779. The first-order chi connectivity index (χ1) is 10.9. The molecule has 1 heterocycles. The molecule has 0 aromatic heterocycles. The van der Waals surface area contributed by atoms with Gasteiger partial charge in [-0.25, -0.2) is 0 Å². The molecule has 0 spiro atoms. The summed E-state index contributed by atoms with van der Waals surface area (Å²) in [5.74, 6) is 0. The fourth-order valence-electron chi connectivity index (χ4n) is 2.94. The lowest BCUT2D eigenvalue weighted by atomic mass is 10.1. The molecule has 0 radical (unpaired) electrons. The number of benzene rings is 2. The van der Waals surface area contributed by atoms with E-state index in [2.05, 4.69) is 4.90 Å². The van der Waals surface area contributed by atoms with Crippen LogP contribution in [0.2, 0.25) is 0 Å². The first kappa shape index (κ1) is 21.3. The first-order valence-electron chi connectivity index (χ1n) is 7.42. The van der Waals surface area contributed by atoms with E-state index >= 15 is 0 Å². The van der Waals surface area contributed by atoms with Crippen LogP contribution in [0.3, 0.4) is 0 Å². The second-order valence-electron chi connectivity index (χ2n) is 5.69. The van der Waals surface area contributed by atoms with Crippen LogP contribution in [0.25, 0.3) is 0 Å². The Kier molecular flexibility index (Phi) is 7.26. The smallest absolute Gasteiger partial charge is 0.399 e. The number of rotatable bonds is 3. The topological polar surface area (TPSA) is 32.5 Å². The number of halogens is 5. The Morgan fingerprint density at radius 2 is 1.48 bits per heavy atom. The summed E-state index contributed by atoms with van der Waals surface area (Å²) in [6.07, 6.45) is -4.21. The molecule has 0 fully saturated rings. The van der Waals surface area contributed by atoms with Crippen molar-refractivity contribution in [2.75, 3.05) is 35.2 Å². The summed E-state index contributed by atoms with van der Waals surface area (Å²) in [6, 6.07) is 14.8. The lowest BCUT2D eigenvalue weighted by molar-refractivity contribution is -0.119. The zero-order valence-electron chi connectivity index (χ0n) is 13.4. The van der Waals surface area contributed by atoms with E-state index in [0.717, 1.165) is 11.3 Å². The number of hydrogen-bond acceptors (Lipinski definition) is 3. The molecule has 3 nitrogen and oxygen atoms in total. The minimum atomic E-state index is -4.21. The van der Waals surface area contributed by atoms with Crippen molar-refractivity contribution in [3.63, 3.8) is 0 Å². The second-order valence-corrected chi connectivity index (χ2v) is 5.69. The van der Waals surface area contributed by atoms with Gasteiger partial charge in [0.25, 0.3) is 0 Å². The van der Waals surface area contributed by atoms with Gasteiger partial charge >= 0.3 is 6.18 Å². The average molecular weight is 394 g/mol. The number of fused-ring (bicyclic) bond motifs is 1. The number of alkyl halides is 3. The van der Waals surface area contributed by atoms with Gasteiger partial charge in [0.05, 0.1) is 11.4 Å². The van der Waals surface area contributed by atoms with Crippen LogP contribution in [0, 0.1) is 0 Å². The monoisotopic (exact) mass is 393 g/mol. The Morgan fingerprint density at radius 3 is 2.08 bits per heavy atom. The molecule has 0 atom stereocenters. The molecule has 0 saturated heterocycles. The van der Waals surface area contributed by atoms with E-state index in [4.69, 9.17) is 5.73 Å². The van der Waals surface area contributed by atoms with Crippen molar-refractivity contribution in [1.29, 1.82) is 0 Å². The zero-order valence-corrected chi connectivity index (χ0v) is 15.0. The number of para-hydroxylation sites is 2. The predicted octanol–water partition coefficient (Wildman–Crippen LogP) is 4.50. The molecule has 0 saturated carbocycles. The Labute approximate surface area is 157 Å². The Morgan fingerprint density at radius 1 is 0.880 bits per heavy atom. The van der Waals surface area contributed by atoms with Crippen LogP contribution in [0.15, 0.2) is 48.5 Å². The lowest BCUT2D eigenvalue weighted by Gasteiger charge is -2.39. The van der Waals surface area contributed by atoms with Crippen LogP contribution in [0.4, 0.5) is 30.2 Å². The van der Waals surface area contributed by atoms with Crippen molar-refractivity contribution in [2.45, 2.75) is 12.7 Å². The van der Waals surface area contributed by atoms with E-state index in [1.807, 2.05) is 36.4 Å². The molecule has 0 bridgehead atoms. The van der Waals surface area contributed by atoms with Gasteiger partial charge in [-0.15, -0.1) is 24.8 Å². The largest absolute Gasteiger partial charge is 0.405 e. The van der Waals surface area contributed by atoms with E-state index in [-0.39, 0.29) is 24.8 Å². The molecular weight excluding hydrogens is 374 g/mol. The lowest BCUT2D eigenvalue weighted by Crippen LogP contribution is -2.44. The van der Waals surface area contributed by atoms with Gasteiger partial charge < -0.3 is 15.5 Å². The Hall–Kier alpha value is -1.79. The minimum Gasteiger partial charge on any atom is -0.399 e. The maximum Gasteiger partial charge on any atom is 0.405 e. The Bertz CT molecular complexity index is 695. The molecule has 25 heavy (non-hydrogen) atoms. The zero-order chi connectivity index (χ0) is 16.4. The van der Waals surface area contributed by atoms with Crippen molar-refractivity contribution in [1.82, 2.24) is 0 Å². The van der Waals surface area contributed by atoms with Crippen LogP contribution in [-0.4, -0.2) is 25.8 Å². The Balaban J connectivity index is 0.00000156. The van der Waals surface area contributed by atoms with Gasteiger partial charge in [0.15, 0.2) is 0 Å². The third-order valence-corrected chi connectivity index (χ3v) is 3.90. The molecular formula is C17H20Cl2F3N3. The van der Waals surface area contributed by atoms with Gasteiger partial charge in [0.2, 0.25) is 0 Å². The molecule has 0 unspecified atom stereocenters. The van der Waals surface area contributed by atoms with E-state index in [0.29, 0.717) is 31.0 Å². The number of hydrogen-bond donors (Lipinski definition) is 1. The molecule has 0 amide bonds. The summed E-state index contributed by atoms with van der Waals surface area (Å²) >= 11 is 0. The van der Waals surface area contributed by atoms with E-state index < -0.39 is 12.7 Å². The highest BCUT2D eigenvalue weighted by molar-refractivity contribution is 5.85. The average Bonchev–Trinajstić information content (AvgIpc) is 2.49. The third-order valence-electron chi connectivity index (χ3n) is 3.90. The highest BCUT2D eigenvalue weighted by Crippen LogP contribution is 2.35. The van der Waals surface area contributed by atoms with Gasteiger partial charge in [-0.05, 0) is 29.8 Å². The SMILES string of the molecule is Cl.Cl.Nc1cccc(CN2CCN(CC(F)(F)F)c3ccccc32)c1. The highest BCUT2D eigenvalue weighted by atomic mass is 35.5. The van der Waals surface area contributed by atoms with Crippen LogP contribution in [0.5, 0.6) is 0 Å². The maximum absolute atomic E-state index is 12.8. The van der Waals surface area contributed by atoms with Crippen molar-refractivity contribution in [3.8, 4) is 0 Å². The van der Waals surface area contributed by atoms with Crippen molar-refractivity contribution in [2.24, 2.45) is 0 Å². The first-order valence-corrected chi connectivity index (χ1v) is 7.42. The highest BCUT2D eigenvalue weighted by Gasteiger charge is 2.33. The number of nitrogens with zero attached hydrogens (tertiary/aromatic N) is 2. The summed E-state index contributed by atoms with van der Waals surface area (Å²) in [7, 11) is 0. The second kappa shape index (κ2) is 8.54. The van der Waals surface area contributed by atoms with Gasteiger partial charge in [0, 0.05) is 25.3 Å². The maximum atomic E-state index is 12.8. The van der Waals surface area contributed by atoms with Gasteiger partial charge in [-0.3, -0.25) is 0 Å². The number of anilines is 3. The molecule has 138 valence electrons. The van der Waals surface area contributed by atoms with Crippen LogP contribution < -0.4 is 15.5 Å². The standard InChI is InChI=1S/C17H18F3N3.2ClH/c18-17(19,20)12-23-9-8-22(15-6-1-2-7-16(15)23)11-13-4-3-5-14(21)10-13;;/h1-7,10H,8-9,11-12,21H2;2*1H. The molecule has 2 aromatic carbocycles. The van der Waals surface area contributed by atoms with Crippen molar-refractivity contribution < 1.29 is 13.2 Å². The van der Waals surface area contributed by atoms with Gasteiger partial charge in [-0.2, -0.15) is 13.2 Å². The summed E-state index contributed by atoms with van der Waals surface area (Å²) < 4.78 is 38.3. The fourth-order valence-corrected chi connectivity index (χ4v) is 2.94. The van der Waals surface area contributed by atoms with Crippen LogP contribution in [-0.2, 0) is 6.54 Å². The molecule has 1 aliphatic heterocycles. The van der Waals surface area contributed by atoms with E-state index in [1.165, 1.54) is 4.90 Å². The van der Waals surface area contributed by atoms with E-state index in [1.54, 1.807) is 12.1 Å². The minimum absolute atomic E-state index is 0. The third kappa shape index (κ3) is 5.34. The summed E-state index contributed by atoms with van der Waals surface area (Å²) in [5, 5.41) is 0. The van der Waals surface area contributed by atoms with E-state index in [9.17, 15) is 13.2 Å². The number of nitrogens with two attached hydrogens (primary N) is 1. The molecule has 2 N–H and O–H groups in total. The molecule has 2 aromatic rings. The fraction of sp³-hybridized carbons (Fsp3) is 0.294. The van der Waals surface area contributed by atoms with Gasteiger partial charge in [0.1, 0.15) is 6.54 Å². The predicted molar refractivity (Wildman–Crippen MR) is 101 cm³/mol. The molecule has 1 aliphatic rings. The molecule has 0 aliphatic carbocycles. The molecule has 3 rings (SSSR count). The van der Waals surface area contributed by atoms with Crippen LogP contribution >= 0.6 is 24.8 Å². The van der Waals surface area contributed by atoms with Gasteiger partial charge in [-0.1, -0.05) is 24.3 Å². The number of nitrogen functional groups attached to an aromatic ring is 1. The summed E-state index contributed by atoms with van der Waals surface area (Å²) in [6.45, 7) is 0.596.